The second-order valence-corrected chi connectivity index (χ2v) is 2.76. The van der Waals surface area contributed by atoms with Crippen molar-refractivity contribution in [2.24, 2.45) is 0 Å². The van der Waals surface area contributed by atoms with Crippen LogP contribution in [0.4, 0.5) is 8.78 Å². The molecule has 0 amide bonds. The Balaban J connectivity index is 0.00000106. The van der Waals surface area contributed by atoms with E-state index in [0.717, 1.165) is 18.9 Å². The van der Waals surface area contributed by atoms with Crippen molar-refractivity contribution in [1.29, 1.82) is 0 Å². The molecule has 0 aliphatic carbocycles. The molecule has 0 saturated carbocycles. The van der Waals surface area contributed by atoms with E-state index in [1.807, 2.05) is 0 Å². The molecule has 0 aromatic heterocycles. The zero-order valence-corrected chi connectivity index (χ0v) is 13.4. The number of rotatable bonds is 5. The van der Waals surface area contributed by atoms with E-state index in [1.165, 1.54) is 22.4 Å². The van der Waals surface area contributed by atoms with Crippen LogP contribution in [0.3, 0.4) is 0 Å². The first-order valence-corrected chi connectivity index (χ1v) is 11.6. The first-order valence-electron chi connectivity index (χ1n) is 4.61. The Bertz CT molecular complexity index is 321. The van der Waals surface area contributed by atoms with Crippen molar-refractivity contribution in [1.82, 2.24) is 0 Å². The maximum atomic E-state index is 13.0. The Hall–Kier alpha value is -0.277. The molecule has 0 bridgehead atoms. The van der Waals surface area contributed by atoms with Crippen molar-refractivity contribution in [3.05, 3.63) is 42.5 Å². The molecular weight excluding hydrogens is 331 g/mol. The molecule has 1 aromatic carbocycles. The van der Waals surface area contributed by atoms with E-state index in [1.54, 1.807) is 6.08 Å². The Morgan fingerprint density at radius 3 is 2.75 bits per heavy atom. The molecule has 0 unspecified atom stereocenters. The van der Waals surface area contributed by atoms with Gasteiger partial charge in [0, 0.05) is 11.6 Å². The molecule has 0 fully saturated rings. The third-order valence-electron chi connectivity index (χ3n) is 1.66. The number of hydrogen-bond donors (Lipinski definition) is 0. The zero-order valence-electron chi connectivity index (χ0n) is 8.81. The van der Waals surface area contributed by atoms with E-state index in [0.29, 0.717) is 6.61 Å². The van der Waals surface area contributed by atoms with Crippen LogP contribution in [0.5, 0.6) is 5.75 Å². The van der Waals surface area contributed by atoms with Crippen molar-refractivity contribution in [2.45, 2.75) is 12.8 Å². The average Bonchev–Trinajstić information content (AvgIpc) is 2.32. The fourth-order valence-electron chi connectivity index (χ4n) is 0.950. The first kappa shape index (κ1) is 15.7. The Kier molecular flexibility index (Phi) is 9.74. The molecule has 0 atom stereocenters. The summed E-state index contributed by atoms with van der Waals surface area (Å²) in [5.41, 5.74) is 0. The molecule has 0 radical (unpaired) electrons. The molecule has 5 heteroatoms. The minimum absolute atomic E-state index is 0.0888. The normalized spacial score (nSPS) is 9.06. The van der Waals surface area contributed by atoms with Crippen LogP contribution in [0.2, 0.25) is 0 Å². The summed E-state index contributed by atoms with van der Waals surface area (Å²) in [7, 11) is 0. The summed E-state index contributed by atoms with van der Waals surface area (Å²) < 4.78 is 30.6. The molecule has 84 valence electrons. The summed E-state index contributed by atoms with van der Waals surface area (Å²) in [5.74, 6) is -1.98. The summed E-state index contributed by atoms with van der Waals surface area (Å²) in [6.07, 6.45) is 3.28. The van der Waals surface area contributed by atoms with Gasteiger partial charge < -0.3 is 4.74 Å². The van der Waals surface area contributed by atoms with Crippen LogP contribution in [-0.4, -0.2) is 6.61 Å². The van der Waals surface area contributed by atoms with Crippen LogP contribution in [-0.2, 0) is 16.3 Å². The van der Waals surface area contributed by atoms with Gasteiger partial charge in [-0.05, 0) is 12.8 Å². The number of ether oxygens (including phenoxy) is 1. The van der Waals surface area contributed by atoms with E-state index in [9.17, 15) is 8.78 Å². The monoisotopic (exact) mass is 340 g/mol. The van der Waals surface area contributed by atoms with Crippen LogP contribution in [0.15, 0.2) is 24.8 Å². The van der Waals surface area contributed by atoms with Gasteiger partial charge in [-0.1, -0.05) is 6.08 Å². The molecule has 0 saturated heterocycles. The predicted octanol–water partition coefficient (Wildman–Crippen LogP) is 3.95. The van der Waals surface area contributed by atoms with Gasteiger partial charge in [0.2, 0.25) is 0 Å². The van der Waals surface area contributed by atoms with Crippen LogP contribution >= 0.6 is 13.6 Å². The molecule has 0 heterocycles. The average molecular weight is 342 g/mol. The molecule has 1 rings (SSSR count). The summed E-state index contributed by atoms with van der Waals surface area (Å²) in [6, 6.07) is 4.67. The molecule has 0 spiro atoms. The standard InChI is InChI=1S/C11H11F2O.BrH.Zn/c1-2-3-4-8-14-10-7-5-6-9(12)11(10)13;;/h2,6-7H,1,3-4,8H2;1H;/q-1;;+2/p-1. The van der Waals surface area contributed by atoms with E-state index in [4.69, 9.17) is 4.74 Å². The summed E-state index contributed by atoms with van der Waals surface area (Å²) in [4.78, 5) is 0. The minimum atomic E-state index is -0.956. The number of hydrogen-bond acceptors (Lipinski definition) is 1. The van der Waals surface area contributed by atoms with Crippen LogP contribution in [0.25, 0.3) is 0 Å². The van der Waals surface area contributed by atoms with Gasteiger partial charge >= 0.3 is 30.0 Å². The van der Waals surface area contributed by atoms with Crippen LogP contribution < -0.4 is 4.74 Å². The second kappa shape index (κ2) is 9.91. The zero-order chi connectivity index (χ0) is 12.4. The molecule has 16 heavy (non-hydrogen) atoms. The van der Waals surface area contributed by atoms with Gasteiger partial charge in [-0.2, -0.15) is 6.07 Å². The summed E-state index contributed by atoms with van der Waals surface area (Å²) in [5, 5.41) is 0. The van der Waals surface area contributed by atoms with E-state index >= 15 is 0 Å². The van der Waals surface area contributed by atoms with Gasteiger partial charge in [0.1, 0.15) is 0 Å². The number of allylic oxidation sites excluding steroid dienone is 1. The first-order chi connectivity index (χ1) is 7.75. The SMILES string of the molecule is C=CCCCOc1c[c-]cc(F)c1F.[Zn+][Br]. The van der Waals surface area contributed by atoms with Crippen molar-refractivity contribution in [3.63, 3.8) is 0 Å². The van der Waals surface area contributed by atoms with E-state index in [2.05, 4.69) is 26.3 Å². The van der Waals surface area contributed by atoms with Gasteiger partial charge in [0.25, 0.3) is 0 Å². The van der Waals surface area contributed by atoms with Crippen molar-refractivity contribution in [3.8, 4) is 5.75 Å². The van der Waals surface area contributed by atoms with Crippen molar-refractivity contribution < 1.29 is 29.9 Å². The molecule has 0 aliphatic rings. The Labute approximate surface area is 111 Å². The van der Waals surface area contributed by atoms with Gasteiger partial charge in [-0.15, -0.1) is 18.7 Å². The maximum absolute atomic E-state index is 13.0. The van der Waals surface area contributed by atoms with Crippen molar-refractivity contribution >= 4 is 13.6 Å². The fourth-order valence-corrected chi connectivity index (χ4v) is 0.950. The van der Waals surface area contributed by atoms with Crippen molar-refractivity contribution in [2.75, 3.05) is 6.61 Å². The van der Waals surface area contributed by atoms with E-state index < -0.39 is 11.6 Å². The van der Waals surface area contributed by atoms with Gasteiger partial charge in [-0.3, -0.25) is 4.39 Å². The van der Waals surface area contributed by atoms with Gasteiger partial charge in [0.05, 0.1) is 12.4 Å². The van der Waals surface area contributed by atoms with Crippen LogP contribution in [0, 0.1) is 17.7 Å². The van der Waals surface area contributed by atoms with Crippen LogP contribution in [0.1, 0.15) is 12.8 Å². The second-order valence-electron chi connectivity index (χ2n) is 2.76. The fraction of sp³-hybridized carbons (Fsp3) is 0.273. The quantitative estimate of drug-likeness (QED) is 0.341. The van der Waals surface area contributed by atoms with Gasteiger partial charge in [-0.25, -0.2) is 4.39 Å². The molecule has 0 aliphatic heterocycles. The molecule has 0 N–H and O–H groups in total. The third-order valence-corrected chi connectivity index (χ3v) is 1.66. The topological polar surface area (TPSA) is 9.23 Å². The molecular formula is C11H11BrF2OZn. The molecule has 1 nitrogen and oxygen atoms in total. The Morgan fingerprint density at radius 2 is 2.12 bits per heavy atom. The summed E-state index contributed by atoms with van der Waals surface area (Å²) in [6.45, 7) is 3.89. The third kappa shape index (κ3) is 5.71. The van der Waals surface area contributed by atoms with E-state index in [-0.39, 0.29) is 5.75 Å². The number of unbranched alkanes of at least 4 members (excludes halogenated alkanes) is 1. The summed E-state index contributed by atoms with van der Waals surface area (Å²) >= 11 is 4.25. The number of benzene rings is 1. The number of halogens is 3. The Morgan fingerprint density at radius 1 is 1.44 bits per heavy atom. The molecule has 1 aromatic rings. The predicted molar refractivity (Wildman–Crippen MR) is 59.0 cm³/mol. The van der Waals surface area contributed by atoms with Gasteiger partial charge in [0.15, 0.2) is 0 Å².